The SMILES string of the molecule is N#Cc1ccc(OC/C=C/c2ccccc2)cc1. The van der Waals surface area contributed by atoms with Gasteiger partial charge in [-0.25, -0.2) is 0 Å². The summed E-state index contributed by atoms with van der Waals surface area (Å²) in [7, 11) is 0. The maximum absolute atomic E-state index is 8.67. The molecule has 2 aromatic carbocycles. The molecule has 88 valence electrons. The van der Waals surface area contributed by atoms with Crippen molar-refractivity contribution in [3.05, 3.63) is 71.8 Å². The molecule has 0 amide bonds. The van der Waals surface area contributed by atoms with E-state index in [4.69, 9.17) is 10.00 Å². The lowest BCUT2D eigenvalue weighted by Gasteiger charge is -2.02. The molecule has 18 heavy (non-hydrogen) atoms. The van der Waals surface area contributed by atoms with Crippen molar-refractivity contribution in [3.63, 3.8) is 0 Å². The number of rotatable bonds is 4. The molecule has 0 fully saturated rings. The molecule has 0 aliphatic heterocycles. The number of hydrogen-bond donors (Lipinski definition) is 0. The Morgan fingerprint density at radius 3 is 2.39 bits per heavy atom. The monoisotopic (exact) mass is 235 g/mol. The number of benzene rings is 2. The topological polar surface area (TPSA) is 33.0 Å². The van der Waals surface area contributed by atoms with Gasteiger partial charge in [0, 0.05) is 0 Å². The summed E-state index contributed by atoms with van der Waals surface area (Å²) < 4.78 is 5.53. The lowest BCUT2D eigenvalue weighted by molar-refractivity contribution is 0.363. The lowest BCUT2D eigenvalue weighted by atomic mass is 10.2. The Morgan fingerprint density at radius 1 is 1.00 bits per heavy atom. The molecule has 0 aromatic heterocycles. The van der Waals surface area contributed by atoms with Gasteiger partial charge in [-0.05, 0) is 35.9 Å². The molecular formula is C16H13NO. The van der Waals surface area contributed by atoms with E-state index in [9.17, 15) is 0 Å². The third-order valence-corrected chi connectivity index (χ3v) is 2.44. The van der Waals surface area contributed by atoms with Crippen molar-refractivity contribution in [2.24, 2.45) is 0 Å². The van der Waals surface area contributed by atoms with Gasteiger partial charge in [-0.3, -0.25) is 0 Å². The van der Waals surface area contributed by atoms with Crippen LogP contribution in [0.5, 0.6) is 5.75 Å². The minimum atomic E-state index is 0.515. The first-order valence-corrected chi connectivity index (χ1v) is 5.73. The quantitative estimate of drug-likeness (QED) is 0.810. The van der Waals surface area contributed by atoms with E-state index in [0.717, 1.165) is 11.3 Å². The van der Waals surface area contributed by atoms with Crippen LogP contribution in [0, 0.1) is 11.3 Å². The molecule has 0 aliphatic rings. The summed E-state index contributed by atoms with van der Waals surface area (Å²) >= 11 is 0. The first kappa shape index (κ1) is 11.9. The third kappa shape index (κ3) is 3.50. The minimum Gasteiger partial charge on any atom is -0.490 e. The molecule has 0 saturated carbocycles. The van der Waals surface area contributed by atoms with E-state index in [1.165, 1.54) is 0 Å². The second-order valence-electron chi connectivity index (χ2n) is 3.76. The summed E-state index contributed by atoms with van der Waals surface area (Å²) in [6, 6.07) is 19.2. The standard InChI is InChI=1S/C16H13NO/c17-13-15-8-10-16(11-9-15)18-12-4-7-14-5-2-1-3-6-14/h1-11H,12H2/b7-4+. The van der Waals surface area contributed by atoms with Crippen molar-refractivity contribution in [2.75, 3.05) is 6.61 Å². The van der Waals surface area contributed by atoms with Crippen molar-refractivity contribution in [1.29, 1.82) is 5.26 Å². The average molecular weight is 235 g/mol. The highest BCUT2D eigenvalue weighted by Crippen LogP contribution is 2.11. The highest BCUT2D eigenvalue weighted by Gasteiger charge is 1.92. The van der Waals surface area contributed by atoms with Crippen molar-refractivity contribution >= 4 is 6.08 Å². The Balaban J connectivity index is 1.85. The molecule has 2 aromatic rings. The summed E-state index contributed by atoms with van der Waals surface area (Å²) in [6.07, 6.45) is 3.98. The normalized spacial score (nSPS) is 10.2. The largest absolute Gasteiger partial charge is 0.490 e. The Bertz CT molecular complexity index is 550. The molecule has 2 nitrogen and oxygen atoms in total. The van der Waals surface area contributed by atoms with Gasteiger partial charge in [-0.1, -0.05) is 36.4 Å². The van der Waals surface area contributed by atoms with Crippen molar-refractivity contribution in [1.82, 2.24) is 0 Å². The van der Waals surface area contributed by atoms with Gasteiger partial charge in [-0.2, -0.15) is 5.26 Å². The van der Waals surface area contributed by atoms with E-state index in [1.807, 2.05) is 42.5 Å². The van der Waals surface area contributed by atoms with Gasteiger partial charge in [-0.15, -0.1) is 0 Å². The molecule has 0 aliphatic carbocycles. The van der Waals surface area contributed by atoms with Gasteiger partial charge in [0.25, 0.3) is 0 Å². The number of nitrogens with zero attached hydrogens (tertiary/aromatic N) is 1. The van der Waals surface area contributed by atoms with Gasteiger partial charge >= 0.3 is 0 Å². The fourth-order valence-corrected chi connectivity index (χ4v) is 1.52. The molecule has 0 unspecified atom stereocenters. The van der Waals surface area contributed by atoms with E-state index in [-0.39, 0.29) is 0 Å². The highest BCUT2D eigenvalue weighted by molar-refractivity contribution is 5.48. The van der Waals surface area contributed by atoms with Gasteiger partial charge in [0.15, 0.2) is 0 Å². The van der Waals surface area contributed by atoms with Crippen LogP contribution in [0.3, 0.4) is 0 Å². The zero-order valence-corrected chi connectivity index (χ0v) is 9.91. The fourth-order valence-electron chi connectivity index (χ4n) is 1.52. The Kier molecular flexibility index (Phi) is 4.16. The van der Waals surface area contributed by atoms with Crippen LogP contribution in [0.2, 0.25) is 0 Å². The van der Waals surface area contributed by atoms with Crippen molar-refractivity contribution in [2.45, 2.75) is 0 Å². The maximum atomic E-state index is 8.67. The Morgan fingerprint density at radius 2 is 1.72 bits per heavy atom. The van der Waals surface area contributed by atoms with Crippen LogP contribution in [0.1, 0.15) is 11.1 Å². The van der Waals surface area contributed by atoms with Crippen LogP contribution in [0.4, 0.5) is 0 Å². The average Bonchev–Trinajstić information content (AvgIpc) is 2.45. The van der Waals surface area contributed by atoms with Crippen LogP contribution in [-0.4, -0.2) is 6.61 Å². The summed E-state index contributed by atoms with van der Waals surface area (Å²) in [5, 5.41) is 8.67. The highest BCUT2D eigenvalue weighted by atomic mass is 16.5. The third-order valence-electron chi connectivity index (χ3n) is 2.44. The van der Waals surface area contributed by atoms with Crippen LogP contribution in [0.15, 0.2) is 60.7 Å². The van der Waals surface area contributed by atoms with Crippen LogP contribution < -0.4 is 4.74 Å². The fraction of sp³-hybridized carbons (Fsp3) is 0.0625. The Labute approximate surface area is 107 Å². The van der Waals surface area contributed by atoms with Gasteiger partial charge in [0.1, 0.15) is 12.4 Å². The molecule has 2 rings (SSSR count). The smallest absolute Gasteiger partial charge is 0.119 e. The number of ether oxygens (including phenoxy) is 1. The second-order valence-corrected chi connectivity index (χ2v) is 3.76. The van der Waals surface area contributed by atoms with Crippen LogP contribution in [-0.2, 0) is 0 Å². The van der Waals surface area contributed by atoms with Gasteiger partial charge in [0.2, 0.25) is 0 Å². The zero-order valence-electron chi connectivity index (χ0n) is 9.91. The van der Waals surface area contributed by atoms with E-state index in [1.54, 1.807) is 24.3 Å². The summed E-state index contributed by atoms with van der Waals surface area (Å²) in [4.78, 5) is 0. The minimum absolute atomic E-state index is 0.515. The molecule has 0 spiro atoms. The summed E-state index contributed by atoms with van der Waals surface area (Å²) in [6.45, 7) is 0.515. The lowest BCUT2D eigenvalue weighted by Crippen LogP contribution is -1.92. The predicted molar refractivity (Wildman–Crippen MR) is 72.1 cm³/mol. The molecule has 0 bridgehead atoms. The first-order chi connectivity index (χ1) is 8.88. The van der Waals surface area contributed by atoms with Crippen LogP contribution >= 0.6 is 0 Å². The Hall–Kier alpha value is -2.53. The maximum Gasteiger partial charge on any atom is 0.119 e. The molecule has 0 atom stereocenters. The van der Waals surface area contributed by atoms with Crippen LogP contribution in [0.25, 0.3) is 6.08 Å². The molecule has 0 radical (unpaired) electrons. The molecule has 0 heterocycles. The van der Waals surface area contributed by atoms with E-state index in [2.05, 4.69) is 6.07 Å². The molecule has 0 N–H and O–H groups in total. The summed E-state index contributed by atoms with van der Waals surface area (Å²) in [5.41, 5.74) is 1.79. The van der Waals surface area contributed by atoms with E-state index in [0.29, 0.717) is 12.2 Å². The zero-order chi connectivity index (χ0) is 12.6. The number of hydrogen-bond acceptors (Lipinski definition) is 2. The van der Waals surface area contributed by atoms with E-state index < -0.39 is 0 Å². The molecular weight excluding hydrogens is 222 g/mol. The first-order valence-electron chi connectivity index (χ1n) is 5.73. The summed E-state index contributed by atoms with van der Waals surface area (Å²) in [5.74, 6) is 0.770. The predicted octanol–water partition coefficient (Wildman–Crippen LogP) is 3.65. The van der Waals surface area contributed by atoms with E-state index >= 15 is 0 Å². The number of nitriles is 1. The van der Waals surface area contributed by atoms with Crippen molar-refractivity contribution in [3.8, 4) is 11.8 Å². The second kappa shape index (κ2) is 6.27. The van der Waals surface area contributed by atoms with Gasteiger partial charge < -0.3 is 4.74 Å². The van der Waals surface area contributed by atoms with Gasteiger partial charge in [0.05, 0.1) is 11.6 Å². The molecule has 2 heteroatoms. The van der Waals surface area contributed by atoms with Crippen molar-refractivity contribution < 1.29 is 4.74 Å². The molecule has 0 saturated heterocycles.